The molecule has 0 bridgehead atoms. The standard InChI is InChI=1S/C12H23N3O.2ClH/c1-11(14-9-5-13-6-10-14)12(16)15-7-3-2-4-8-15;;/h11,13H,2-10H2,1H3;2*1H. The number of amides is 1. The largest absolute Gasteiger partial charge is 0.341 e. The molecule has 2 fully saturated rings. The van der Waals surface area contributed by atoms with Crippen LogP contribution in [0.25, 0.3) is 0 Å². The number of nitrogens with zero attached hydrogens (tertiary/aromatic N) is 2. The molecule has 2 rings (SSSR count). The third kappa shape index (κ3) is 4.57. The molecule has 0 spiro atoms. The number of likely N-dealkylation sites (tertiary alicyclic amines) is 1. The van der Waals surface area contributed by atoms with Crippen LogP contribution in [0.3, 0.4) is 0 Å². The predicted molar refractivity (Wildman–Crippen MR) is 78.8 cm³/mol. The van der Waals surface area contributed by atoms with E-state index in [1.165, 1.54) is 19.3 Å². The van der Waals surface area contributed by atoms with E-state index in [0.29, 0.717) is 5.91 Å². The average Bonchev–Trinajstić information content (AvgIpc) is 2.39. The van der Waals surface area contributed by atoms with E-state index >= 15 is 0 Å². The van der Waals surface area contributed by atoms with Gasteiger partial charge in [-0.25, -0.2) is 0 Å². The molecule has 0 aromatic heterocycles. The van der Waals surface area contributed by atoms with Gasteiger partial charge >= 0.3 is 0 Å². The van der Waals surface area contributed by atoms with Crippen molar-refractivity contribution in [3.63, 3.8) is 0 Å². The van der Waals surface area contributed by atoms with E-state index in [-0.39, 0.29) is 30.9 Å². The van der Waals surface area contributed by atoms with Crippen molar-refractivity contribution in [1.29, 1.82) is 0 Å². The minimum Gasteiger partial charge on any atom is -0.341 e. The van der Waals surface area contributed by atoms with E-state index in [9.17, 15) is 4.79 Å². The molecule has 108 valence electrons. The summed E-state index contributed by atoms with van der Waals surface area (Å²) in [6, 6.07) is 0.0696. The molecular formula is C12H25Cl2N3O. The topological polar surface area (TPSA) is 35.6 Å². The van der Waals surface area contributed by atoms with Crippen molar-refractivity contribution in [2.45, 2.75) is 32.2 Å². The fourth-order valence-electron chi connectivity index (χ4n) is 2.60. The molecule has 2 aliphatic heterocycles. The van der Waals surface area contributed by atoms with Crippen LogP contribution in [0.2, 0.25) is 0 Å². The lowest BCUT2D eigenvalue weighted by Crippen LogP contribution is -2.54. The second-order valence-corrected chi connectivity index (χ2v) is 4.85. The van der Waals surface area contributed by atoms with Gasteiger partial charge in [0.2, 0.25) is 5.91 Å². The van der Waals surface area contributed by atoms with Gasteiger partial charge in [0.05, 0.1) is 6.04 Å². The Morgan fingerprint density at radius 1 is 1.00 bits per heavy atom. The van der Waals surface area contributed by atoms with Crippen molar-refractivity contribution < 1.29 is 4.79 Å². The normalized spacial score (nSPS) is 22.6. The highest BCUT2D eigenvalue weighted by Crippen LogP contribution is 2.12. The van der Waals surface area contributed by atoms with Gasteiger partial charge in [-0.1, -0.05) is 0 Å². The highest BCUT2D eigenvalue weighted by atomic mass is 35.5. The summed E-state index contributed by atoms with van der Waals surface area (Å²) >= 11 is 0. The smallest absolute Gasteiger partial charge is 0.239 e. The maximum absolute atomic E-state index is 12.3. The molecule has 1 atom stereocenters. The second-order valence-electron chi connectivity index (χ2n) is 4.85. The van der Waals surface area contributed by atoms with E-state index in [1.807, 2.05) is 0 Å². The Balaban J connectivity index is 0.00000144. The van der Waals surface area contributed by atoms with Gasteiger partial charge in [0, 0.05) is 39.3 Å². The first kappa shape index (κ1) is 18.0. The van der Waals surface area contributed by atoms with E-state index in [0.717, 1.165) is 39.3 Å². The lowest BCUT2D eigenvalue weighted by molar-refractivity contribution is -0.137. The van der Waals surface area contributed by atoms with Crippen molar-refractivity contribution in [3.8, 4) is 0 Å². The number of rotatable bonds is 2. The predicted octanol–water partition coefficient (Wildman–Crippen LogP) is 1.14. The summed E-state index contributed by atoms with van der Waals surface area (Å²) in [5.74, 6) is 0.335. The molecule has 0 aromatic rings. The summed E-state index contributed by atoms with van der Waals surface area (Å²) in [4.78, 5) is 16.6. The maximum Gasteiger partial charge on any atom is 0.239 e. The molecule has 6 heteroatoms. The van der Waals surface area contributed by atoms with Crippen LogP contribution in [-0.4, -0.2) is 61.0 Å². The first-order valence-electron chi connectivity index (χ1n) is 6.52. The van der Waals surface area contributed by atoms with Crippen LogP contribution in [0.1, 0.15) is 26.2 Å². The lowest BCUT2D eigenvalue weighted by atomic mass is 10.1. The number of carbonyl (C=O) groups excluding carboxylic acids is 1. The van der Waals surface area contributed by atoms with Gasteiger partial charge in [0.15, 0.2) is 0 Å². The molecular weight excluding hydrogens is 273 g/mol. The van der Waals surface area contributed by atoms with Crippen molar-refractivity contribution in [2.75, 3.05) is 39.3 Å². The zero-order valence-electron chi connectivity index (χ0n) is 11.1. The van der Waals surface area contributed by atoms with Gasteiger partial charge in [0.25, 0.3) is 0 Å². The summed E-state index contributed by atoms with van der Waals surface area (Å²) in [6.07, 6.45) is 3.64. The zero-order valence-corrected chi connectivity index (χ0v) is 12.7. The van der Waals surface area contributed by atoms with Crippen LogP contribution in [-0.2, 0) is 4.79 Å². The van der Waals surface area contributed by atoms with Gasteiger partial charge in [-0.3, -0.25) is 9.69 Å². The maximum atomic E-state index is 12.3. The quantitative estimate of drug-likeness (QED) is 0.830. The molecule has 0 aliphatic carbocycles. The summed E-state index contributed by atoms with van der Waals surface area (Å²) in [5.41, 5.74) is 0. The van der Waals surface area contributed by atoms with Crippen LogP contribution in [0.5, 0.6) is 0 Å². The van der Waals surface area contributed by atoms with E-state index in [4.69, 9.17) is 0 Å². The summed E-state index contributed by atoms with van der Waals surface area (Å²) in [5, 5.41) is 3.32. The number of hydrogen-bond acceptors (Lipinski definition) is 3. The van der Waals surface area contributed by atoms with Gasteiger partial charge in [-0.15, -0.1) is 24.8 Å². The molecule has 4 nitrogen and oxygen atoms in total. The molecule has 2 saturated heterocycles. The molecule has 1 amide bonds. The Hall–Kier alpha value is -0.0300. The first-order valence-corrected chi connectivity index (χ1v) is 6.52. The molecule has 0 aromatic carbocycles. The Morgan fingerprint density at radius 2 is 1.56 bits per heavy atom. The Labute approximate surface area is 122 Å². The van der Waals surface area contributed by atoms with Gasteiger partial charge in [0.1, 0.15) is 0 Å². The summed E-state index contributed by atoms with van der Waals surface area (Å²) in [7, 11) is 0. The molecule has 1 unspecified atom stereocenters. The highest BCUT2D eigenvalue weighted by Gasteiger charge is 2.27. The van der Waals surface area contributed by atoms with E-state index in [2.05, 4.69) is 22.0 Å². The lowest BCUT2D eigenvalue weighted by Gasteiger charge is -2.36. The van der Waals surface area contributed by atoms with Crippen LogP contribution < -0.4 is 5.32 Å². The number of carbonyl (C=O) groups is 1. The SMILES string of the molecule is CC(C(=O)N1CCCCC1)N1CCNCC1.Cl.Cl. The van der Waals surface area contributed by atoms with E-state index < -0.39 is 0 Å². The average molecular weight is 298 g/mol. The number of hydrogen-bond donors (Lipinski definition) is 1. The van der Waals surface area contributed by atoms with Crippen LogP contribution in [0.15, 0.2) is 0 Å². The van der Waals surface area contributed by atoms with Crippen LogP contribution in [0, 0.1) is 0 Å². The minimum atomic E-state index is 0. The molecule has 18 heavy (non-hydrogen) atoms. The van der Waals surface area contributed by atoms with Crippen LogP contribution >= 0.6 is 24.8 Å². The molecule has 0 radical (unpaired) electrons. The fraction of sp³-hybridized carbons (Fsp3) is 0.917. The highest BCUT2D eigenvalue weighted by molar-refractivity contribution is 5.85. The third-order valence-electron chi connectivity index (χ3n) is 3.72. The monoisotopic (exact) mass is 297 g/mol. The number of piperazine rings is 1. The zero-order chi connectivity index (χ0) is 11.4. The fourth-order valence-corrected chi connectivity index (χ4v) is 2.60. The molecule has 1 N–H and O–H groups in total. The molecule has 0 saturated carbocycles. The van der Waals surface area contributed by atoms with Gasteiger partial charge in [-0.2, -0.15) is 0 Å². The van der Waals surface area contributed by atoms with Crippen molar-refractivity contribution in [3.05, 3.63) is 0 Å². The van der Waals surface area contributed by atoms with Gasteiger partial charge in [-0.05, 0) is 26.2 Å². The van der Waals surface area contributed by atoms with Crippen LogP contribution in [0.4, 0.5) is 0 Å². The Bertz CT molecular complexity index is 241. The van der Waals surface area contributed by atoms with E-state index in [1.54, 1.807) is 0 Å². The summed E-state index contributed by atoms with van der Waals surface area (Å²) in [6.45, 7) is 8.02. The second kappa shape index (κ2) is 8.97. The first-order chi connectivity index (χ1) is 7.79. The minimum absolute atomic E-state index is 0. The third-order valence-corrected chi connectivity index (χ3v) is 3.72. The summed E-state index contributed by atoms with van der Waals surface area (Å²) < 4.78 is 0. The van der Waals surface area contributed by atoms with Crippen molar-refractivity contribution >= 4 is 30.7 Å². The molecule has 2 aliphatic rings. The Morgan fingerprint density at radius 3 is 2.11 bits per heavy atom. The van der Waals surface area contributed by atoms with Crippen molar-refractivity contribution in [2.24, 2.45) is 0 Å². The number of nitrogens with one attached hydrogen (secondary N) is 1. The number of halogens is 2. The van der Waals surface area contributed by atoms with Gasteiger partial charge < -0.3 is 10.2 Å². The Kier molecular flexibility index (Phi) is 8.95. The van der Waals surface area contributed by atoms with Crippen molar-refractivity contribution in [1.82, 2.24) is 15.1 Å². The number of piperidine rings is 1. The molecule has 2 heterocycles.